The molecule has 0 saturated heterocycles. The quantitative estimate of drug-likeness (QED) is 0.541. The van der Waals surface area contributed by atoms with Crippen LogP contribution in [0.2, 0.25) is 0 Å². The fourth-order valence-corrected chi connectivity index (χ4v) is 1.83. The van der Waals surface area contributed by atoms with Crippen molar-refractivity contribution in [3.63, 3.8) is 0 Å². The van der Waals surface area contributed by atoms with Gasteiger partial charge in [-0.1, -0.05) is 31.7 Å². The van der Waals surface area contributed by atoms with Gasteiger partial charge in [0, 0.05) is 18.7 Å². The van der Waals surface area contributed by atoms with E-state index in [4.69, 9.17) is 0 Å². The molecule has 0 fully saturated rings. The van der Waals surface area contributed by atoms with Crippen LogP contribution in [0.5, 0.6) is 0 Å². The molecule has 14 heavy (non-hydrogen) atoms. The van der Waals surface area contributed by atoms with Crippen LogP contribution in [-0.2, 0) is 0 Å². The average Bonchev–Trinajstić information content (AvgIpc) is 2.25. The molecule has 1 heterocycles. The molecule has 0 spiro atoms. The number of aliphatic imine (C=N–C) groups is 1. The lowest BCUT2D eigenvalue weighted by atomic mass is 10.2. The zero-order chi connectivity index (χ0) is 10.2. The Labute approximate surface area is 90.8 Å². The molecule has 1 atom stereocenters. The number of hydrogen-bond donors (Lipinski definition) is 1. The molecule has 0 aromatic rings. The highest BCUT2D eigenvalue weighted by Crippen LogP contribution is 2.13. The first-order chi connectivity index (χ1) is 6.88. The van der Waals surface area contributed by atoms with Crippen molar-refractivity contribution in [3.8, 4) is 0 Å². The fraction of sp³-hybridized carbons (Fsp3) is 0.700. The van der Waals surface area contributed by atoms with Crippen molar-refractivity contribution >= 4 is 18.2 Å². The van der Waals surface area contributed by atoms with Gasteiger partial charge in [0.15, 0.2) is 6.29 Å². The summed E-state index contributed by atoms with van der Waals surface area (Å²) in [5.74, 6) is 0. The van der Waals surface area contributed by atoms with E-state index in [1.54, 1.807) is 11.9 Å². The zero-order valence-corrected chi connectivity index (χ0v) is 9.76. The smallest absolute Gasteiger partial charge is 0.185 e. The molecule has 80 valence electrons. The van der Waals surface area contributed by atoms with Crippen LogP contribution in [0, 0.1) is 0 Å². The minimum atomic E-state index is 0.117. The second-order valence-electron chi connectivity index (χ2n) is 3.22. The maximum absolute atomic E-state index is 4.36. The van der Waals surface area contributed by atoms with E-state index in [9.17, 15) is 0 Å². The molecule has 4 heteroatoms. The highest BCUT2D eigenvalue weighted by atomic mass is 32.2. The summed E-state index contributed by atoms with van der Waals surface area (Å²) in [6.45, 7) is 3.26. The molecular weight excluding hydrogens is 194 g/mol. The standard InChI is InChI=1S/C10H19N3S/c1-3-4-5-7-11-10-12-8-6-9-13(10)14-2/h6,8-11H,3-5,7H2,1-2H3. The Morgan fingerprint density at radius 3 is 3.07 bits per heavy atom. The van der Waals surface area contributed by atoms with Gasteiger partial charge in [-0.2, -0.15) is 0 Å². The Hall–Kier alpha value is -0.480. The zero-order valence-electron chi connectivity index (χ0n) is 8.94. The van der Waals surface area contributed by atoms with Gasteiger partial charge in [-0.3, -0.25) is 14.6 Å². The van der Waals surface area contributed by atoms with Gasteiger partial charge in [0.2, 0.25) is 0 Å². The molecule has 0 amide bonds. The second kappa shape index (κ2) is 6.90. The fourth-order valence-electron chi connectivity index (χ4n) is 1.31. The molecule has 0 aromatic carbocycles. The van der Waals surface area contributed by atoms with E-state index in [0.717, 1.165) is 6.54 Å². The summed E-state index contributed by atoms with van der Waals surface area (Å²) in [6.07, 6.45) is 11.8. The molecule has 0 radical (unpaired) electrons. The van der Waals surface area contributed by atoms with E-state index in [2.05, 4.69) is 34.0 Å². The van der Waals surface area contributed by atoms with Crippen LogP contribution in [-0.4, -0.2) is 29.6 Å². The van der Waals surface area contributed by atoms with Crippen LogP contribution in [0.1, 0.15) is 26.2 Å². The molecule has 1 aliphatic heterocycles. The van der Waals surface area contributed by atoms with Gasteiger partial charge in [-0.05, 0) is 19.0 Å². The van der Waals surface area contributed by atoms with Crippen molar-refractivity contribution in [2.45, 2.75) is 32.5 Å². The minimum absolute atomic E-state index is 0.117. The second-order valence-corrected chi connectivity index (χ2v) is 4.00. The van der Waals surface area contributed by atoms with Crippen LogP contribution >= 0.6 is 11.9 Å². The van der Waals surface area contributed by atoms with E-state index in [1.165, 1.54) is 19.3 Å². The Morgan fingerprint density at radius 2 is 2.36 bits per heavy atom. The number of hydrogen-bond acceptors (Lipinski definition) is 4. The molecule has 0 aliphatic carbocycles. The molecule has 1 N–H and O–H groups in total. The maximum Gasteiger partial charge on any atom is 0.185 e. The molecular formula is C10H19N3S. The number of nitrogens with zero attached hydrogens (tertiary/aromatic N) is 2. The van der Waals surface area contributed by atoms with Crippen LogP contribution in [0.15, 0.2) is 17.3 Å². The Balaban J connectivity index is 2.21. The van der Waals surface area contributed by atoms with Crippen molar-refractivity contribution in [3.05, 3.63) is 12.3 Å². The largest absolute Gasteiger partial charge is 0.287 e. The number of unbranched alkanes of at least 4 members (excludes halogenated alkanes) is 2. The SMILES string of the molecule is CCCCCNC1N=CC=CN1SC. The molecule has 1 rings (SSSR count). The van der Waals surface area contributed by atoms with Crippen LogP contribution in [0.3, 0.4) is 0 Å². The van der Waals surface area contributed by atoms with Gasteiger partial charge in [-0.15, -0.1) is 0 Å². The van der Waals surface area contributed by atoms with Gasteiger partial charge in [0.25, 0.3) is 0 Å². The average molecular weight is 213 g/mol. The summed E-state index contributed by atoms with van der Waals surface area (Å²) >= 11 is 1.69. The third-order valence-corrected chi connectivity index (χ3v) is 2.85. The first-order valence-corrected chi connectivity index (χ1v) is 6.32. The highest BCUT2D eigenvalue weighted by Gasteiger charge is 2.12. The molecule has 1 unspecified atom stereocenters. The van der Waals surface area contributed by atoms with Crippen LogP contribution < -0.4 is 5.32 Å². The van der Waals surface area contributed by atoms with Crippen LogP contribution in [0.25, 0.3) is 0 Å². The van der Waals surface area contributed by atoms with Crippen molar-refractivity contribution in [1.29, 1.82) is 0 Å². The van der Waals surface area contributed by atoms with Crippen molar-refractivity contribution in [2.24, 2.45) is 4.99 Å². The van der Waals surface area contributed by atoms with Gasteiger partial charge in [0.05, 0.1) is 0 Å². The highest BCUT2D eigenvalue weighted by molar-refractivity contribution is 7.96. The summed E-state index contributed by atoms with van der Waals surface area (Å²) in [5, 5.41) is 3.41. The van der Waals surface area contributed by atoms with E-state index >= 15 is 0 Å². The van der Waals surface area contributed by atoms with Crippen molar-refractivity contribution in [2.75, 3.05) is 12.8 Å². The van der Waals surface area contributed by atoms with E-state index in [1.807, 2.05) is 12.3 Å². The molecule has 0 aromatic heterocycles. The monoisotopic (exact) mass is 213 g/mol. The summed E-state index contributed by atoms with van der Waals surface area (Å²) in [5.41, 5.74) is 0. The Morgan fingerprint density at radius 1 is 1.50 bits per heavy atom. The lowest BCUT2D eigenvalue weighted by Gasteiger charge is -2.27. The topological polar surface area (TPSA) is 27.6 Å². The first-order valence-electron chi connectivity index (χ1n) is 5.14. The van der Waals surface area contributed by atoms with Gasteiger partial charge < -0.3 is 0 Å². The summed E-state index contributed by atoms with van der Waals surface area (Å²) in [7, 11) is 0. The predicted octanol–water partition coefficient (Wildman–Crippen LogP) is 2.23. The molecule has 1 aliphatic rings. The van der Waals surface area contributed by atoms with Crippen LogP contribution in [0.4, 0.5) is 0 Å². The third-order valence-electron chi connectivity index (χ3n) is 2.11. The van der Waals surface area contributed by atoms with Gasteiger partial charge in [0.1, 0.15) is 0 Å². The Kier molecular flexibility index (Phi) is 5.71. The summed E-state index contributed by atoms with van der Waals surface area (Å²) in [4.78, 5) is 4.36. The van der Waals surface area contributed by atoms with Crippen molar-refractivity contribution < 1.29 is 0 Å². The van der Waals surface area contributed by atoms with Gasteiger partial charge in [-0.25, -0.2) is 0 Å². The van der Waals surface area contributed by atoms with Gasteiger partial charge >= 0.3 is 0 Å². The number of nitrogens with one attached hydrogen (secondary N) is 1. The van der Waals surface area contributed by atoms with E-state index < -0.39 is 0 Å². The maximum atomic E-state index is 4.36. The molecule has 0 saturated carbocycles. The van der Waals surface area contributed by atoms with E-state index in [-0.39, 0.29) is 6.29 Å². The third kappa shape index (κ3) is 3.72. The summed E-state index contributed by atoms with van der Waals surface area (Å²) in [6, 6.07) is 0. The summed E-state index contributed by atoms with van der Waals surface area (Å²) < 4.78 is 2.12. The number of rotatable bonds is 6. The lowest BCUT2D eigenvalue weighted by Crippen LogP contribution is -2.39. The molecule has 0 bridgehead atoms. The minimum Gasteiger partial charge on any atom is -0.287 e. The molecule has 3 nitrogen and oxygen atoms in total. The lowest BCUT2D eigenvalue weighted by molar-refractivity contribution is 0.370. The van der Waals surface area contributed by atoms with E-state index in [0.29, 0.717) is 0 Å². The Bertz CT molecular complexity index is 204. The first kappa shape index (κ1) is 11.6. The number of allylic oxidation sites excluding steroid dienone is 1. The normalized spacial score (nSPS) is 20.4. The van der Waals surface area contributed by atoms with Crippen molar-refractivity contribution in [1.82, 2.24) is 9.62 Å². The predicted molar refractivity (Wildman–Crippen MR) is 64.3 cm³/mol.